The van der Waals surface area contributed by atoms with Gasteiger partial charge in [0.25, 0.3) is 0 Å². The highest BCUT2D eigenvalue weighted by Gasteiger charge is 2.16. The molecule has 1 N–H and O–H groups in total. The maximum absolute atomic E-state index is 4.62. The summed E-state index contributed by atoms with van der Waals surface area (Å²) in [6, 6.07) is 0.00640. The van der Waals surface area contributed by atoms with Gasteiger partial charge in [-0.1, -0.05) is 18.3 Å². The van der Waals surface area contributed by atoms with Gasteiger partial charge < -0.3 is 5.32 Å². The maximum atomic E-state index is 4.62. The summed E-state index contributed by atoms with van der Waals surface area (Å²) in [6.45, 7) is 4.10. The molecule has 9 heteroatoms. The Morgan fingerprint density at radius 1 is 1.26 bits per heavy atom. The Morgan fingerprint density at radius 3 is 2.91 bits per heavy atom. The monoisotopic (exact) mass is 328 g/mol. The minimum absolute atomic E-state index is 0.00640. The predicted octanol–water partition coefficient (Wildman–Crippen LogP) is 2.20. The van der Waals surface area contributed by atoms with Crippen LogP contribution >= 0.6 is 11.3 Å². The van der Waals surface area contributed by atoms with Gasteiger partial charge in [-0.2, -0.15) is 10.2 Å². The average Bonchev–Trinajstić information content (AvgIpc) is 3.22. The lowest BCUT2D eigenvalue weighted by atomic mass is 10.2. The van der Waals surface area contributed by atoms with Crippen molar-refractivity contribution in [3.63, 3.8) is 0 Å². The summed E-state index contributed by atoms with van der Waals surface area (Å²) in [7, 11) is 1.89. The van der Waals surface area contributed by atoms with Gasteiger partial charge in [0.1, 0.15) is 17.2 Å². The summed E-state index contributed by atoms with van der Waals surface area (Å²) in [6.07, 6.45) is 4.50. The topological polar surface area (TPSA) is 85.8 Å². The maximum Gasteiger partial charge on any atom is 0.212 e. The van der Waals surface area contributed by atoms with E-state index in [1.807, 2.05) is 20.2 Å². The Labute approximate surface area is 136 Å². The highest BCUT2D eigenvalue weighted by molar-refractivity contribution is 7.14. The molecule has 0 bridgehead atoms. The molecule has 0 saturated heterocycles. The molecule has 8 nitrogen and oxygen atoms in total. The zero-order valence-corrected chi connectivity index (χ0v) is 13.9. The summed E-state index contributed by atoms with van der Waals surface area (Å²) >= 11 is 1.52. The first-order valence-corrected chi connectivity index (χ1v) is 8.27. The lowest BCUT2D eigenvalue weighted by Gasteiger charge is -2.13. The van der Waals surface area contributed by atoms with E-state index in [1.54, 1.807) is 20.9 Å². The smallest absolute Gasteiger partial charge is 0.212 e. The van der Waals surface area contributed by atoms with Crippen LogP contribution < -0.4 is 5.32 Å². The zero-order chi connectivity index (χ0) is 16.0. The van der Waals surface area contributed by atoms with Gasteiger partial charge in [0, 0.05) is 13.5 Å². The SMILES string of the molecule is CCc1nc(N[C@H](C)c2cn3ncsc3n2)c2cnn(C)c2n1. The van der Waals surface area contributed by atoms with Crippen LogP contribution in [0.3, 0.4) is 0 Å². The molecular weight excluding hydrogens is 312 g/mol. The van der Waals surface area contributed by atoms with E-state index < -0.39 is 0 Å². The molecule has 4 aromatic rings. The number of hydrogen-bond acceptors (Lipinski definition) is 7. The fraction of sp³-hybridized carbons (Fsp3) is 0.357. The van der Waals surface area contributed by atoms with Gasteiger partial charge in [-0.25, -0.2) is 19.5 Å². The molecule has 4 rings (SSSR count). The second kappa shape index (κ2) is 5.27. The normalized spacial score (nSPS) is 13.0. The molecule has 1 atom stereocenters. The van der Waals surface area contributed by atoms with Crippen molar-refractivity contribution in [2.24, 2.45) is 7.05 Å². The van der Waals surface area contributed by atoms with Crippen molar-refractivity contribution in [1.29, 1.82) is 0 Å². The minimum atomic E-state index is 0.00640. The number of anilines is 1. The van der Waals surface area contributed by atoms with Crippen LogP contribution in [0.4, 0.5) is 5.82 Å². The quantitative estimate of drug-likeness (QED) is 0.618. The largest absolute Gasteiger partial charge is 0.361 e. The Morgan fingerprint density at radius 2 is 2.13 bits per heavy atom. The number of nitrogens with one attached hydrogen (secondary N) is 1. The Balaban J connectivity index is 1.72. The van der Waals surface area contributed by atoms with Crippen molar-refractivity contribution in [3.8, 4) is 0 Å². The van der Waals surface area contributed by atoms with Gasteiger partial charge in [-0.05, 0) is 6.92 Å². The molecule has 0 aliphatic carbocycles. The molecule has 0 aliphatic rings. The van der Waals surface area contributed by atoms with Crippen molar-refractivity contribution in [3.05, 3.63) is 29.4 Å². The van der Waals surface area contributed by atoms with Gasteiger partial charge in [0.2, 0.25) is 4.96 Å². The number of hydrogen-bond donors (Lipinski definition) is 1. The van der Waals surface area contributed by atoms with Crippen molar-refractivity contribution in [1.82, 2.24) is 34.3 Å². The number of aromatic nitrogens is 7. The van der Waals surface area contributed by atoms with Crippen LogP contribution in [-0.4, -0.2) is 34.3 Å². The van der Waals surface area contributed by atoms with Crippen molar-refractivity contribution in [2.75, 3.05) is 5.32 Å². The van der Waals surface area contributed by atoms with Crippen molar-refractivity contribution >= 4 is 33.1 Å². The fourth-order valence-electron chi connectivity index (χ4n) is 2.48. The third kappa shape index (κ3) is 2.33. The van der Waals surface area contributed by atoms with Gasteiger partial charge in [-0.15, -0.1) is 0 Å². The summed E-state index contributed by atoms with van der Waals surface area (Å²) in [5.74, 6) is 1.58. The first kappa shape index (κ1) is 14.1. The second-order valence-corrected chi connectivity index (χ2v) is 6.16. The van der Waals surface area contributed by atoms with Crippen LogP contribution in [-0.2, 0) is 13.5 Å². The molecule has 4 aromatic heterocycles. The zero-order valence-electron chi connectivity index (χ0n) is 13.1. The molecule has 0 unspecified atom stereocenters. The molecule has 0 spiro atoms. The van der Waals surface area contributed by atoms with Crippen LogP contribution in [0.25, 0.3) is 16.0 Å². The number of fused-ring (bicyclic) bond motifs is 2. The lowest BCUT2D eigenvalue weighted by molar-refractivity contribution is 0.778. The molecule has 0 aromatic carbocycles. The van der Waals surface area contributed by atoms with Crippen molar-refractivity contribution in [2.45, 2.75) is 26.3 Å². The lowest BCUT2D eigenvalue weighted by Crippen LogP contribution is -2.10. The Hall–Kier alpha value is -2.55. The van der Waals surface area contributed by atoms with E-state index in [0.29, 0.717) is 0 Å². The second-order valence-electron chi connectivity index (χ2n) is 5.35. The molecule has 0 fully saturated rings. The van der Waals surface area contributed by atoms with E-state index in [9.17, 15) is 0 Å². The minimum Gasteiger partial charge on any atom is -0.361 e. The number of nitrogens with zero attached hydrogens (tertiary/aromatic N) is 7. The first-order valence-electron chi connectivity index (χ1n) is 7.39. The van der Waals surface area contributed by atoms with Crippen LogP contribution in [0, 0.1) is 0 Å². The predicted molar refractivity (Wildman–Crippen MR) is 88.6 cm³/mol. The molecule has 0 radical (unpaired) electrons. The molecule has 0 amide bonds. The van der Waals surface area contributed by atoms with Crippen molar-refractivity contribution < 1.29 is 0 Å². The highest BCUT2D eigenvalue weighted by Crippen LogP contribution is 2.25. The Bertz CT molecular complexity index is 953. The summed E-state index contributed by atoms with van der Waals surface area (Å²) in [5, 5.41) is 12.8. The van der Waals surface area contributed by atoms with Crippen LogP contribution in [0.15, 0.2) is 17.9 Å². The number of imidazole rings is 1. The van der Waals surface area contributed by atoms with Gasteiger partial charge in [-0.3, -0.25) is 4.68 Å². The van der Waals surface area contributed by atoms with Crippen LogP contribution in [0.1, 0.15) is 31.4 Å². The van der Waals surface area contributed by atoms with Gasteiger partial charge >= 0.3 is 0 Å². The number of aryl methyl sites for hydroxylation is 2. The molecule has 4 heterocycles. The van der Waals surface area contributed by atoms with E-state index in [4.69, 9.17) is 0 Å². The first-order chi connectivity index (χ1) is 11.2. The summed E-state index contributed by atoms with van der Waals surface area (Å²) in [5.41, 5.74) is 3.54. The summed E-state index contributed by atoms with van der Waals surface area (Å²) in [4.78, 5) is 14.6. The third-order valence-corrected chi connectivity index (χ3v) is 4.45. The molecule has 0 saturated carbocycles. The highest BCUT2D eigenvalue weighted by atomic mass is 32.1. The molecular formula is C14H16N8S. The van der Waals surface area contributed by atoms with Gasteiger partial charge in [0.15, 0.2) is 5.65 Å². The van der Waals surface area contributed by atoms with Gasteiger partial charge in [0.05, 0.1) is 29.5 Å². The molecule has 23 heavy (non-hydrogen) atoms. The molecule has 118 valence electrons. The van der Waals surface area contributed by atoms with E-state index in [-0.39, 0.29) is 6.04 Å². The summed E-state index contributed by atoms with van der Waals surface area (Å²) < 4.78 is 3.55. The van der Waals surface area contributed by atoms with E-state index in [2.05, 4.69) is 37.4 Å². The third-order valence-electron chi connectivity index (χ3n) is 3.76. The van der Waals surface area contributed by atoms with E-state index >= 15 is 0 Å². The van der Waals surface area contributed by atoms with Crippen LogP contribution in [0.5, 0.6) is 0 Å². The van der Waals surface area contributed by atoms with E-state index in [0.717, 1.165) is 39.8 Å². The van der Waals surface area contributed by atoms with Crippen LogP contribution in [0.2, 0.25) is 0 Å². The average molecular weight is 328 g/mol. The standard InChI is InChI=1S/C14H16N8S/c1-4-11-19-12(9-5-15-21(3)13(9)20-11)17-8(2)10-6-22-14(18-10)23-7-16-22/h5-8H,4H2,1-3H3,(H,17,19,20)/t8-/m1/s1. The van der Waals surface area contributed by atoms with E-state index in [1.165, 1.54) is 11.3 Å². The fourth-order valence-corrected chi connectivity index (χ4v) is 3.09. The Kier molecular flexibility index (Phi) is 3.22. The molecule has 0 aliphatic heterocycles. The number of rotatable bonds is 4.